The predicted octanol–water partition coefficient (Wildman–Crippen LogP) is 3.28. The van der Waals surface area contributed by atoms with E-state index in [1.54, 1.807) is 0 Å². The number of hydrogen-bond donors (Lipinski definition) is 0. The van der Waals surface area contributed by atoms with Gasteiger partial charge in [0.05, 0.1) is 11.4 Å². The Hall–Kier alpha value is -1.70. The van der Waals surface area contributed by atoms with Crippen molar-refractivity contribution < 1.29 is 0 Å². The zero-order chi connectivity index (χ0) is 12.2. The molecular weight excluding hydrogens is 208 g/mol. The van der Waals surface area contributed by atoms with Gasteiger partial charge >= 0.3 is 0 Å². The second-order valence-corrected chi connectivity index (χ2v) is 4.95. The summed E-state index contributed by atoms with van der Waals surface area (Å²) in [5.74, 6) is 0. The van der Waals surface area contributed by atoms with Gasteiger partial charge in [-0.1, -0.05) is 0 Å². The third-order valence-electron chi connectivity index (χ3n) is 3.78. The predicted molar refractivity (Wildman–Crippen MR) is 69.2 cm³/mol. The molecule has 0 fully saturated rings. The highest BCUT2D eigenvalue weighted by Crippen LogP contribution is 2.38. The van der Waals surface area contributed by atoms with Crippen LogP contribution in [-0.2, 0) is 6.42 Å². The van der Waals surface area contributed by atoms with Crippen LogP contribution in [-0.4, -0.2) is 9.97 Å². The average Bonchev–Trinajstić information content (AvgIpc) is 2.63. The Morgan fingerprint density at radius 3 is 2.53 bits per heavy atom. The van der Waals surface area contributed by atoms with Gasteiger partial charge < -0.3 is 0 Å². The monoisotopic (exact) mass is 224 g/mol. The molecule has 0 spiro atoms. The Kier molecular flexibility index (Phi) is 2.09. The summed E-state index contributed by atoms with van der Waals surface area (Å²) >= 11 is 0. The van der Waals surface area contributed by atoms with E-state index in [9.17, 15) is 0 Å². The molecule has 2 heterocycles. The highest BCUT2D eigenvalue weighted by atomic mass is 14.8. The molecule has 0 saturated heterocycles. The van der Waals surface area contributed by atoms with Crippen LogP contribution in [0.5, 0.6) is 0 Å². The molecule has 0 amide bonds. The summed E-state index contributed by atoms with van der Waals surface area (Å²) in [5, 5.41) is 0. The Labute approximate surface area is 102 Å². The van der Waals surface area contributed by atoms with E-state index in [0.29, 0.717) is 0 Å². The third-order valence-corrected chi connectivity index (χ3v) is 3.78. The Morgan fingerprint density at radius 1 is 1.00 bits per heavy atom. The first kappa shape index (κ1) is 10.5. The molecule has 86 valence electrons. The minimum atomic E-state index is 0.882. The van der Waals surface area contributed by atoms with Gasteiger partial charge in [0.2, 0.25) is 0 Å². The fraction of sp³-hybridized carbons (Fsp3) is 0.333. The van der Waals surface area contributed by atoms with Crippen LogP contribution in [0.1, 0.15) is 33.8 Å². The van der Waals surface area contributed by atoms with Gasteiger partial charge in [-0.05, 0) is 50.5 Å². The zero-order valence-corrected chi connectivity index (χ0v) is 10.8. The van der Waals surface area contributed by atoms with E-state index in [4.69, 9.17) is 4.98 Å². The second kappa shape index (κ2) is 3.39. The molecule has 0 bridgehead atoms. The highest BCUT2D eigenvalue weighted by Gasteiger charge is 2.24. The summed E-state index contributed by atoms with van der Waals surface area (Å²) in [4.78, 5) is 9.25. The molecule has 2 nitrogen and oxygen atoms in total. The third kappa shape index (κ3) is 1.40. The molecule has 0 aromatic carbocycles. The number of aryl methyl sites for hydroxylation is 2. The minimum absolute atomic E-state index is 0.882. The lowest BCUT2D eigenvalue weighted by atomic mass is 9.98. The summed E-state index contributed by atoms with van der Waals surface area (Å²) in [6.07, 6.45) is 2.83. The quantitative estimate of drug-likeness (QED) is 0.585. The fourth-order valence-electron chi connectivity index (χ4n) is 2.62. The molecular formula is C15H16N2. The number of rotatable bonds is 0. The molecule has 0 radical (unpaired) electrons. The van der Waals surface area contributed by atoms with Crippen LogP contribution in [0.2, 0.25) is 0 Å². The van der Waals surface area contributed by atoms with Gasteiger partial charge in [-0.15, -0.1) is 0 Å². The maximum absolute atomic E-state index is 4.72. The highest BCUT2D eigenvalue weighted by molar-refractivity contribution is 5.78. The molecule has 1 aliphatic rings. The summed E-state index contributed by atoms with van der Waals surface area (Å²) in [7, 11) is 0. The molecule has 0 atom stereocenters. The van der Waals surface area contributed by atoms with Gasteiger partial charge in [-0.3, -0.25) is 9.97 Å². The van der Waals surface area contributed by atoms with Gasteiger partial charge in [-0.2, -0.15) is 0 Å². The van der Waals surface area contributed by atoms with Gasteiger partial charge in [0.15, 0.2) is 0 Å². The van der Waals surface area contributed by atoms with Crippen molar-refractivity contribution in [1.29, 1.82) is 0 Å². The molecule has 17 heavy (non-hydrogen) atoms. The zero-order valence-electron chi connectivity index (χ0n) is 10.8. The number of hydrogen-bond acceptors (Lipinski definition) is 2. The Morgan fingerprint density at radius 2 is 1.76 bits per heavy atom. The van der Waals surface area contributed by atoms with E-state index in [1.807, 2.05) is 6.20 Å². The molecule has 2 aromatic heterocycles. The van der Waals surface area contributed by atoms with Crippen molar-refractivity contribution in [3.05, 3.63) is 46.0 Å². The average molecular weight is 224 g/mol. The maximum atomic E-state index is 4.72. The first-order valence-electron chi connectivity index (χ1n) is 6.00. The summed E-state index contributed by atoms with van der Waals surface area (Å²) in [6, 6.07) is 2.23. The maximum Gasteiger partial charge on any atom is 0.0548 e. The van der Waals surface area contributed by atoms with E-state index < -0.39 is 0 Å². The fourth-order valence-corrected chi connectivity index (χ4v) is 2.62. The largest absolute Gasteiger partial charge is 0.260 e. The van der Waals surface area contributed by atoms with Gasteiger partial charge in [0.25, 0.3) is 0 Å². The molecule has 0 aliphatic heterocycles. The van der Waals surface area contributed by atoms with E-state index >= 15 is 0 Å². The van der Waals surface area contributed by atoms with E-state index in [2.05, 4.69) is 38.7 Å². The van der Waals surface area contributed by atoms with Crippen molar-refractivity contribution in [1.82, 2.24) is 9.97 Å². The molecule has 0 unspecified atom stereocenters. The smallest absolute Gasteiger partial charge is 0.0548 e. The van der Waals surface area contributed by atoms with Crippen molar-refractivity contribution in [2.24, 2.45) is 0 Å². The van der Waals surface area contributed by atoms with Crippen LogP contribution < -0.4 is 0 Å². The van der Waals surface area contributed by atoms with E-state index in [0.717, 1.165) is 12.1 Å². The molecule has 1 aliphatic carbocycles. The van der Waals surface area contributed by atoms with Gasteiger partial charge in [0.1, 0.15) is 0 Å². The van der Waals surface area contributed by atoms with Crippen molar-refractivity contribution in [2.75, 3.05) is 0 Å². The molecule has 3 rings (SSSR count). The van der Waals surface area contributed by atoms with Crippen LogP contribution in [0.3, 0.4) is 0 Å². The topological polar surface area (TPSA) is 25.8 Å². The van der Waals surface area contributed by atoms with Crippen molar-refractivity contribution >= 4 is 0 Å². The standard InChI is InChI=1S/C15H16N2/c1-8-5-12-13(16-7-8)6-14-15(12)10(3)9(2)11(4)17-14/h5,7H,6H2,1-4H3. The van der Waals surface area contributed by atoms with Crippen molar-refractivity contribution in [3.8, 4) is 11.1 Å². The van der Waals surface area contributed by atoms with Crippen molar-refractivity contribution in [3.63, 3.8) is 0 Å². The SMILES string of the molecule is Cc1cnc2c(c1)-c1c(nc(C)c(C)c1C)C2. The van der Waals surface area contributed by atoms with E-state index in [1.165, 1.54) is 39.2 Å². The number of fused-ring (bicyclic) bond motifs is 3. The van der Waals surface area contributed by atoms with Crippen LogP contribution >= 0.6 is 0 Å². The lowest BCUT2D eigenvalue weighted by Gasteiger charge is -2.10. The van der Waals surface area contributed by atoms with Gasteiger partial charge in [0, 0.05) is 29.4 Å². The number of nitrogens with zero attached hydrogens (tertiary/aromatic N) is 2. The Balaban J connectivity index is 2.35. The van der Waals surface area contributed by atoms with Crippen LogP contribution in [0, 0.1) is 27.7 Å². The molecule has 2 heteroatoms. The van der Waals surface area contributed by atoms with E-state index in [-0.39, 0.29) is 0 Å². The molecule has 0 N–H and O–H groups in total. The first-order valence-corrected chi connectivity index (χ1v) is 6.00. The summed E-state index contributed by atoms with van der Waals surface area (Å²) in [5.41, 5.74) is 9.99. The van der Waals surface area contributed by atoms with Gasteiger partial charge in [-0.25, -0.2) is 0 Å². The molecule has 0 saturated carbocycles. The lowest BCUT2D eigenvalue weighted by molar-refractivity contribution is 1.01. The lowest BCUT2D eigenvalue weighted by Crippen LogP contribution is -1.97. The number of aromatic nitrogens is 2. The second-order valence-electron chi connectivity index (χ2n) is 4.95. The number of pyridine rings is 2. The minimum Gasteiger partial charge on any atom is -0.260 e. The molecule has 2 aromatic rings. The normalized spacial score (nSPS) is 12.5. The summed E-state index contributed by atoms with van der Waals surface area (Å²) in [6.45, 7) is 8.53. The summed E-state index contributed by atoms with van der Waals surface area (Å²) < 4.78 is 0. The first-order chi connectivity index (χ1) is 8.08. The van der Waals surface area contributed by atoms with Crippen LogP contribution in [0.25, 0.3) is 11.1 Å². The van der Waals surface area contributed by atoms with Crippen LogP contribution in [0.15, 0.2) is 12.3 Å². The van der Waals surface area contributed by atoms with Crippen LogP contribution in [0.4, 0.5) is 0 Å². The Bertz CT molecular complexity index is 627. The van der Waals surface area contributed by atoms with Crippen molar-refractivity contribution in [2.45, 2.75) is 34.1 Å².